The SMILES string of the molecule is Nc1nnc([C@H](NC(=O)c2noc3c2CCCC3)c2ccccc2)s1. The Hall–Kier alpha value is -2.74. The standard InChI is InChI=1S/C17H17N5O2S/c18-17-21-20-16(25-17)13(10-6-2-1-3-7-10)19-15(23)14-11-8-4-5-9-12(11)24-22-14/h1-3,6-7,13H,4-5,8-9H2,(H2,18,21)(H,19,23)/t13-/m1/s1. The first kappa shape index (κ1) is 15.8. The van der Waals surface area contributed by atoms with Gasteiger partial charge in [-0.2, -0.15) is 0 Å². The van der Waals surface area contributed by atoms with Gasteiger partial charge in [0, 0.05) is 12.0 Å². The number of rotatable bonds is 4. The highest BCUT2D eigenvalue weighted by Gasteiger charge is 2.27. The molecule has 0 unspecified atom stereocenters. The Labute approximate surface area is 148 Å². The molecule has 3 N–H and O–H groups in total. The van der Waals surface area contributed by atoms with Crippen LogP contribution in [0.3, 0.4) is 0 Å². The summed E-state index contributed by atoms with van der Waals surface area (Å²) in [5, 5.41) is 16.0. The molecule has 128 valence electrons. The highest BCUT2D eigenvalue weighted by Crippen LogP contribution is 2.28. The van der Waals surface area contributed by atoms with Gasteiger partial charge in [-0.25, -0.2) is 0 Å². The van der Waals surface area contributed by atoms with E-state index in [1.807, 2.05) is 30.3 Å². The summed E-state index contributed by atoms with van der Waals surface area (Å²) < 4.78 is 5.35. The van der Waals surface area contributed by atoms with Gasteiger partial charge in [0.15, 0.2) is 5.69 Å². The molecule has 2 aromatic heterocycles. The molecule has 3 aromatic rings. The van der Waals surface area contributed by atoms with Crippen LogP contribution >= 0.6 is 11.3 Å². The van der Waals surface area contributed by atoms with E-state index >= 15 is 0 Å². The number of nitrogens with zero attached hydrogens (tertiary/aromatic N) is 3. The number of aromatic nitrogens is 3. The number of nitrogens with one attached hydrogen (secondary N) is 1. The number of benzene rings is 1. The molecule has 0 saturated carbocycles. The fraction of sp³-hybridized carbons (Fsp3) is 0.294. The number of nitrogen functional groups attached to an aromatic ring is 1. The highest BCUT2D eigenvalue weighted by atomic mass is 32.1. The van der Waals surface area contributed by atoms with Crippen LogP contribution in [-0.2, 0) is 12.8 Å². The van der Waals surface area contributed by atoms with Gasteiger partial charge < -0.3 is 15.6 Å². The van der Waals surface area contributed by atoms with Crippen molar-refractivity contribution in [2.75, 3.05) is 5.73 Å². The number of nitrogens with two attached hydrogens (primary N) is 1. The zero-order chi connectivity index (χ0) is 17.2. The van der Waals surface area contributed by atoms with E-state index in [2.05, 4.69) is 20.7 Å². The Morgan fingerprint density at radius 1 is 1.20 bits per heavy atom. The van der Waals surface area contributed by atoms with Crippen molar-refractivity contribution in [2.24, 2.45) is 0 Å². The van der Waals surface area contributed by atoms with Crippen molar-refractivity contribution in [1.29, 1.82) is 0 Å². The smallest absolute Gasteiger partial charge is 0.274 e. The first-order valence-corrected chi connectivity index (χ1v) is 8.96. The Kier molecular flexibility index (Phi) is 4.19. The predicted molar refractivity (Wildman–Crippen MR) is 93.2 cm³/mol. The molecule has 2 heterocycles. The van der Waals surface area contributed by atoms with E-state index in [4.69, 9.17) is 10.3 Å². The summed E-state index contributed by atoms with van der Waals surface area (Å²) in [6, 6.07) is 9.18. The van der Waals surface area contributed by atoms with Crippen LogP contribution in [0, 0.1) is 0 Å². The highest BCUT2D eigenvalue weighted by molar-refractivity contribution is 7.15. The van der Waals surface area contributed by atoms with E-state index in [0.29, 0.717) is 15.8 Å². The number of hydrogen-bond acceptors (Lipinski definition) is 7. The molecule has 1 amide bonds. The number of fused-ring (bicyclic) bond motifs is 1. The van der Waals surface area contributed by atoms with Crippen molar-refractivity contribution in [1.82, 2.24) is 20.7 Å². The summed E-state index contributed by atoms with van der Waals surface area (Å²) in [6.45, 7) is 0. The van der Waals surface area contributed by atoms with E-state index in [-0.39, 0.29) is 5.91 Å². The van der Waals surface area contributed by atoms with E-state index in [0.717, 1.165) is 42.6 Å². The van der Waals surface area contributed by atoms with E-state index in [9.17, 15) is 4.79 Å². The van der Waals surface area contributed by atoms with Gasteiger partial charge in [-0.3, -0.25) is 4.79 Å². The second-order valence-corrected chi connectivity index (χ2v) is 6.98. The number of amides is 1. The minimum absolute atomic E-state index is 0.269. The van der Waals surface area contributed by atoms with Crippen molar-refractivity contribution in [2.45, 2.75) is 31.7 Å². The zero-order valence-corrected chi connectivity index (χ0v) is 14.3. The van der Waals surface area contributed by atoms with Gasteiger partial charge in [0.2, 0.25) is 5.13 Å². The van der Waals surface area contributed by atoms with Crippen LogP contribution in [0.5, 0.6) is 0 Å². The maximum absolute atomic E-state index is 12.8. The maximum atomic E-state index is 12.8. The van der Waals surface area contributed by atoms with Crippen LogP contribution in [0.15, 0.2) is 34.9 Å². The number of hydrogen-bond donors (Lipinski definition) is 2. The molecule has 1 aliphatic carbocycles. The molecule has 0 radical (unpaired) electrons. The molecule has 1 aromatic carbocycles. The molecule has 4 rings (SSSR count). The van der Waals surface area contributed by atoms with E-state index in [1.165, 1.54) is 11.3 Å². The first-order chi connectivity index (χ1) is 12.2. The van der Waals surface area contributed by atoms with Gasteiger partial charge in [0.1, 0.15) is 16.8 Å². The zero-order valence-electron chi connectivity index (χ0n) is 13.4. The Morgan fingerprint density at radius 2 is 2.00 bits per heavy atom. The average molecular weight is 355 g/mol. The summed E-state index contributed by atoms with van der Waals surface area (Å²) in [5.74, 6) is 0.558. The molecule has 0 bridgehead atoms. The molecule has 1 aliphatic rings. The molecule has 0 saturated heterocycles. The number of carbonyl (C=O) groups excluding carboxylic acids is 1. The van der Waals surface area contributed by atoms with Crippen LogP contribution in [0.2, 0.25) is 0 Å². The van der Waals surface area contributed by atoms with Crippen molar-refractivity contribution in [3.8, 4) is 0 Å². The number of anilines is 1. The molecule has 7 nitrogen and oxygen atoms in total. The molecule has 25 heavy (non-hydrogen) atoms. The normalized spacial score (nSPS) is 14.7. The van der Waals surface area contributed by atoms with Gasteiger partial charge in [-0.1, -0.05) is 46.8 Å². The lowest BCUT2D eigenvalue weighted by Crippen LogP contribution is -2.30. The second-order valence-electron chi connectivity index (χ2n) is 5.94. The Bertz CT molecular complexity index is 890. The lowest BCUT2D eigenvalue weighted by molar-refractivity contribution is 0.0933. The molecule has 0 aliphatic heterocycles. The third kappa shape index (κ3) is 3.12. The second kappa shape index (κ2) is 6.64. The van der Waals surface area contributed by atoms with Crippen LogP contribution in [0.4, 0.5) is 5.13 Å². The first-order valence-electron chi connectivity index (χ1n) is 8.14. The molecular formula is C17H17N5O2S. The molecule has 0 spiro atoms. The largest absolute Gasteiger partial charge is 0.374 e. The van der Waals surface area contributed by atoms with Crippen LogP contribution in [-0.4, -0.2) is 21.3 Å². The topological polar surface area (TPSA) is 107 Å². The van der Waals surface area contributed by atoms with E-state index in [1.54, 1.807) is 0 Å². The third-order valence-corrected chi connectivity index (χ3v) is 5.09. The lowest BCUT2D eigenvalue weighted by atomic mass is 9.96. The van der Waals surface area contributed by atoms with Crippen LogP contribution in [0.1, 0.15) is 51.3 Å². The van der Waals surface area contributed by atoms with Gasteiger partial charge in [-0.05, 0) is 24.8 Å². The average Bonchev–Trinajstić information content (AvgIpc) is 3.26. The summed E-state index contributed by atoms with van der Waals surface area (Å²) >= 11 is 1.26. The van der Waals surface area contributed by atoms with Crippen molar-refractivity contribution >= 4 is 22.4 Å². The summed E-state index contributed by atoms with van der Waals surface area (Å²) in [7, 11) is 0. The lowest BCUT2D eigenvalue weighted by Gasteiger charge is -2.16. The summed E-state index contributed by atoms with van der Waals surface area (Å²) in [6.07, 6.45) is 3.78. The fourth-order valence-electron chi connectivity index (χ4n) is 3.06. The quantitative estimate of drug-likeness (QED) is 0.745. The monoisotopic (exact) mass is 355 g/mol. The van der Waals surface area contributed by atoms with Gasteiger partial charge in [0.05, 0.1) is 0 Å². The molecule has 8 heteroatoms. The van der Waals surface area contributed by atoms with Crippen molar-refractivity contribution in [3.05, 3.63) is 57.9 Å². The van der Waals surface area contributed by atoms with E-state index < -0.39 is 6.04 Å². The van der Waals surface area contributed by atoms with Crippen LogP contribution in [0.25, 0.3) is 0 Å². The van der Waals surface area contributed by atoms with Gasteiger partial charge >= 0.3 is 0 Å². The van der Waals surface area contributed by atoms with Gasteiger partial charge in [0.25, 0.3) is 5.91 Å². The summed E-state index contributed by atoms with van der Waals surface area (Å²) in [5.41, 5.74) is 7.91. The molecule has 1 atom stereocenters. The maximum Gasteiger partial charge on any atom is 0.274 e. The minimum atomic E-state index is -0.431. The molecule has 0 fully saturated rings. The molecular weight excluding hydrogens is 338 g/mol. The minimum Gasteiger partial charge on any atom is -0.374 e. The van der Waals surface area contributed by atoms with Crippen molar-refractivity contribution in [3.63, 3.8) is 0 Å². The Balaban J connectivity index is 1.65. The number of carbonyl (C=O) groups is 1. The van der Waals surface area contributed by atoms with Gasteiger partial charge in [-0.15, -0.1) is 10.2 Å². The fourth-order valence-corrected chi connectivity index (χ4v) is 3.75. The Morgan fingerprint density at radius 3 is 2.76 bits per heavy atom. The number of aryl methyl sites for hydroxylation is 1. The predicted octanol–water partition coefficient (Wildman–Crippen LogP) is 2.51. The third-order valence-electron chi connectivity index (χ3n) is 4.28. The van der Waals surface area contributed by atoms with Crippen molar-refractivity contribution < 1.29 is 9.32 Å². The summed E-state index contributed by atoms with van der Waals surface area (Å²) in [4.78, 5) is 12.8. The van der Waals surface area contributed by atoms with Crippen LogP contribution < -0.4 is 11.1 Å².